The highest BCUT2D eigenvalue weighted by Gasteiger charge is 2.37. The third kappa shape index (κ3) is 4.05. The van der Waals surface area contributed by atoms with Gasteiger partial charge in [0.25, 0.3) is 0 Å². The first-order chi connectivity index (χ1) is 12.8. The predicted molar refractivity (Wildman–Crippen MR) is 101 cm³/mol. The minimum Gasteiger partial charge on any atom is -0.360 e. The minimum absolute atomic E-state index is 0.0742. The summed E-state index contributed by atoms with van der Waals surface area (Å²) in [5.41, 5.74) is 6.30. The maximum absolute atomic E-state index is 12.9. The second-order valence-corrected chi connectivity index (χ2v) is 9.75. The zero-order chi connectivity index (χ0) is 19.7. The van der Waals surface area contributed by atoms with Gasteiger partial charge in [-0.1, -0.05) is 24.4 Å². The number of carbonyl (C=O) groups excluding carboxylic acids is 1. The number of piperazine rings is 1. The first-order valence-electron chi connectivity index (χ1n) is 9.70. The average Bonchev–Trinajstić information content (AvgIpc) is 3.01. The molecule has 3 rings (SSSR count). The smallest absolute Gasteiger partial charge is 0.248 e. The molecule has 0 atom stereocenters. The fourth-order valence-electron chi connectivity index (χ4n) is 4.34. The lowest BCUT2D eigenvalue weighted by molar-refractivity contribution is -0.135. The van der Waals surface area contributed by atoms with Gasteiger partial charge < -0.3 is 15.2 Å². The minimum atomic E-state index is -3.65. The van der Waals surface area contributed by atoms with Crippen molar-refractivity contribution in [3.05, 3.63) is 11.5 Å². The lowest BCUT2D eigenvalue weighted by Crippen LogP contribution is -2.51. The van der Waals surface area contributed by atoms with Crippen LogP contribution in [0.1, 0.15) is 50.0 Å². The van der Waals surface area contributed by atoms with E-state index in [1.807, 2.05) is 0 Å². The van der Waals surface area contributed by atoms with Gasteiger partial charge in [0, 0.05) is 32.6 Å². The Morgan fingerprint density at radius 3 is 2.30 bits per heavy atom. The van der Waals surface area contributed by atoms with Crippen LogP contribution < -0.4 is 5.73 Å². The van der Waals surface area contributed by atoms with Gasteiger partial charge in [-0.15, -0.1) is 0 Å². The van der Waals surface area contributed by atoms with E-state index in [0.29, 0.717) is 37.5 Å². The van der Waals surface area contributed by atoms with Crippen molar-refractivity contribution in [1.82, 2.24) is 14.4 Å². The lowest BCUT2D eigenvalue weighted by atomic mass is 9.71. The van der Waals surface area contributed by atoms with Crippen molar-refractivity contribution in [3.63, 3.8) is 0 Å². The van der Waals surface area contributed by atoms with E-state index in [0.717, 1.165) is 25.7 Å². The van der Waals surface area contributed by atoms with E-state index in [4.69, 9.17) is 10.3 Å². The van der Waals surface area contributed by atoms with Gasteiger partial charge in [0.2, 0.25) is 15.9 Å². The summed E-state index contributed by atoms with van der Waals surface area (Å²) in [6.07, 6.45) is 5.97. The molecule has 1 aromatic rings. The molecular formula is C18H30N4O4S. The summed E-state index contributed by atoms with van der Waals surface area (Å²) in [4.78, 5) is 14.7. The first-order valence-corrected chi connectivity index (χ1v) is 11.1. The number of hydrogen-bond acceptors (Lipinski definition) is 6. The van der Waals surface area contributed by atoms with Crippen molar-refractivity contribution in [3.8, 4) is 0 Å². The van der Waals surface area contributed by atoms with Crippen molar-refractivity contribution in [1.29, 1.82) is 0 Å². The van der Waals surface area contributed by atoms with Gasteiger partial charge in [0.05, 0.1) is 0 Å². The molecule has 1 aromatic heterocycles. The van der Waals surface area contributed by atoms with Gasteiger partial charge in [-0.3, -0.25) is 4.79 Å². The highest BCUT2D eigenvalue weighted by Crippen LogP contribution is 2.39. The molecule has 1 saturated carbocycles. The quantitative estimate of drug-likeness (QED) is 0.803. The summed E-state index contributed by atoms with van der Waals surface area (Å²) >= 11 is 0. The van der Waals surface area contributed by atoms with Crippen molar-refractivity contribution < 1.29 is 17.7 Å². The van der Waals surface area contributed by atoms with Crippen LogP contribution in [0, 0.1) is 19.3 Å². The summed E-state index contributed by atoms with van der Waals surface area (Å²) in [7, 11) is -3.65. The Morgan fingerprint density at radius 2 is 1.78 bits per heavy atom. The Kier molecular flexibility index (Phi) is 5.93. The Morgan fingerprint density at radius 1 is 1.15 bits per heavy atom. The first kappa shape index (κ1) is 20.3. The number of hydrogen-bond donors (Lipinski definition) is 1. The van der Waals surface area contributed by atoms with Gasteiger partial charge >= 0.3 is 0 Å². The van der Waals surface area contributed by atoms with E-state index in [2.05, 4.69) is 5.16 Å². The van der Waals surface area contributed by atoms with E-state index >= 15 is 0 Å². The molecule has 27 heavy (non-hydrogen) atoms. The van der Waals surface area contributed by atoms with Crippen LogP contribution in [0.3, 0.4) is 0 Å². The number of aromatic nitrogens is 1. The highest BCUT2D eigenvalue weighted by atomic mass is 32.2. The molecule has 2 fully saturated rings. The lowest BCUT2D eigenvalue weighted by Gasteiger charge is -2.39. The van der Waals surface area contributed by atoms with Crippen LogP contribution in [-0.4, -0.2) is 61.4 Å². The monoisotopic (exact) mass is 398 g/mol. The van der Waals surface area contributed by atoms with Crippen LogP contribution in [-0.2, 0) is 14.8 Å². The third-order valence-corrected chi connectivity index (χ3v) is 8.17. The Labute approximate surface area is 161 Å². The summed E-state index contributed by atoms with van der Waals surface area (Å²) in [5.74, 6) is 0.393. The van der Waals surface area contributed by atoms with Gasteiger partial charge in [0.1, 0.15) is 10.6 Å². The molecule has 0 radical (unpaired) electrons. The molecule has 8 nitrogen and oxygen atoms in total. The second kappa shape index (κ2) is 7.89. The molecule has 0 spiro atoms. The maximum atomic E-state index is 12.9. The van der Waals surface area contributed by atoms with E-state index in [-0.39, 0.29) is 29.3 Å². The van der Waals surface area contributed by atoms with E-state index in [9.17, 15) is 13.2 Å². The van der Waals surface area contributed by atoms with Crippen molar-refractivity contribution >= 4 is 15.9 Å². The molecule has 1 amide bonds. The van der Waals surface area contributed by atoms with Gasteiger partial charge in [0.15, 0.2) is 5.76 Å². The fraction of sp³-hybridized carbons (Fsp3) is 0.778. The zero-order valence-corrected chi connectivity index (χ0v) is 17.1. The number of sulfonamides is 1. The van der Waals surface area contributed by atoms with Gasteiger partial charge in [-0.25, -0.2) is 8.42 Å². The summed E-state index contributed by atoms with van der Waals surface area (Å²) in [6.45, 7) is 5.15. The highest BCUT2D eigenvalue weighted by molar-refractivity contribution is 7.89. The number of carbonyl (C=O) groups is 1. The number of amides is 1. The number of nitrogens with zero attached hydrogens (tertiary/aromatic N) is 3. The van der Waals surface area contributed by atoms with Crippen LogP contribution in [0.2, 0.25) is 0 Å². The molecule has 1 saturated heterocycles. The van der Waals surface area contributed by atoms with Crippen molar-refractivity contribution in [2.24, 2.45) is 11.1 Å². The Hall–Kier alpha value is -1.45. The number of nitrogens with two attached hydrogens (primary N) is 1. The van der Waals surface area contributed by atoms with Crippen LogP contribution in [0.25, 0.3) is 0 Å². The zero-order valence-electron chi connectivity index (χ0n) is 16.2. The molecule has 1 aliphatic carbocycles. The second-order valence-electron chi connectivity index (χ2n) is 7.88. The number of rotatable bonds is 5. The standard InChI is InChI=1S/C18H30N4O4S/c1-14-17(15(2)26-20-14)27(24,25)22-10-8-21(9-11-22)16(23)12-18(13-19)6-4-3-5-7-18/h3-13,19H2,1-2H3. The largest absolute Gasteiger partial charge is 0.360 e. The van der Waals surface area contributed by atoms with Crippen molar-refractivity contribution in [2.75, 3.05) is 32.7 Å². The normalized spacial score (nSPS) is 21.4. The van der Waals surface area contributed by atoms with Crippen LogP contribution in [0.4, 0.5) is 0 Å². The molecule has 2 N–H and O–H groups in total. The molecule has 0 aromatic carbocycles. The third-order valence-electron chi connectivity index (χ3n) is 6.03. The molecule has 0 unspecified atom stereocenters. The Balaban J connectivity index is 1.62. The molecule has 9 heteroatoms. The summed E-state index contributed by atoms with van der Waals surface area (Å²) in [6, 6.07) is 0. The van der Waals surface area contributed by atoms with Crippen molar-refractivity contribution in [2.45, 2.75) is 57.3 Å². The fourth-order valence-corrected chi connectivity index (χ4v) is 6.05. The van der Waals surface area contributed by atoms with Gasteiger partial charge in [-0.2, -0.15) is 4.31 Å². The molecular weight excluding hydrogens is 368 g/mol. The van der Waals surface area contributed by atoms with Crippen LogP contribution in [0.15, 0.2) is 9.42 Å². The molecule has 152 valence electrons. The molecule has 1 aliphatic heterocycles. The molecule has 2 aliphatic rings. The Bertz CT molecular complexity index is 756. The summed E-state index contributed by atoms with van der Waals surface area (Å²) in [5, 5.41) is 3.75. The van der Waals surface area contributed by atoms with E-state index < -0.39 is 10.0 Å². The molecule has 2 heterocycles. The van der Waals surface area contributed by atoms with E-state index in [1.54, 1.807) is 18.7 Å². The average molecular weight is 399 g/mol. The van der Waals surface area contributed by atoms with Crippen LogP contribution in [0.5, 0.6) is 0 Å². The predicted octanol–water partition coefficient (Wildman–Crippen LogP) is 1.42. The van der Waals surface area contributed by atoms with E-state index in [1.165, 1.54) is 10.7 Å². The maximum Gasteiger partial charge on any atom is 0.248 e. The number of aryl methyl sites for hydroxylation is 2. The molecule has 0 bridgehead atoms. The summed E-state index contributed by atoms with van der Waals surface area (Å²) < 4.78 is 32.2. The SMILES string of the molecule is Cc1noc(C)c1S(=O)(=O)N1CCN(C(=O)CC2(CN)CCCCC2)CC1. The topological polar surface area (TPSA) is 110 Å². The van der Waals surface area contributed by atoms with Gasteiger partial charge in [-0.05, 0) is 38.6 Å². The van der Waals surface area contributed by atoms with Crippen LogP contribution >= 0.6 is 0 Å².